The molecular weight excluding hydrogens is 336 g/mol. The summed E-state index contributed by atoms with van der Waals surface area (Å²) >= 11 is 5.80. The summed E-state index contributed by atoms with van der Waals surface area (Å²) in [6, 6.07) is 1.49. The van der Waals surface area contributed by atoms with Crippen molar-refractivity contribution in [2.75, 3.05) is 6.54 Å². The van der Waals surface area contributed by atoms with Gasteiger partial charge in [-0.2, -0.15) is 17.6 Å². The molecule has 2 aromatic heterocycles. The Bertz CT molecular complexity index is 735. The van der Waals surface area contributed by atoms with Crippen molar-refractivity contribution in [1.29, 1.82) is 0 Å². The van der Waals surface area contributed by atoms with Gasteiger partial charge in [0.25, 0.3) is 0 Å². The lowest BCUT2D eigenvalue weighted by molar-refractivity contribution is -0.145. The SMILES string of the molecule is Fc1ncc(Cl)cc1CN1CCc2nc(C(F)(F)F)ncc2C1. The number of fused-ring (bicyclic) bond motifs is 1. The molecule has 0 N–H and O–H groups in total. The molecule has 23 heavy (non-hydrogen) atoms. The first-order chi connectivity index (χ1) is 10.8. The van der Waals surface area contributed by atoms with Crippen LogP contribution in [-0.2, 0) is 25.7 Å². The van der Waals surface area contributed by atoms with Crippen LogP contribution in [-0.4, -0.2) is 26.4 Å². The Hall–Kier alpha value is -1.80. The van der Waals surface area contributed by atoms with Gasteiger partial charge in [-0.05, 0) is 6.07 Å². The fourth-order valence-corrected chi connectivity index (χ4v) is 2.64. The Morgan fingerprint density at radius 3 is 2.74 bits per heavy atom. The van der Waals surface area contributed by atoms with E-state index in [1.54, 1.807) is 0 Å². The van der Waals surface area contributed by atoms with Crippen molar-refractivity contribution in [3.8, 4) is 0 Å². The molecule has 1 aliphatic rings. The molecule has 9 heteroatoms. The van der Waals surface area contributed by atoms with Crippen LogP contribution >= 0.6 is 11.6 Å². The molecule has 0 saturated carbocycles. The van der Waals surface area contributed by atoms with E-state index in [0.717, 1.165) is 0 Å². The predicted molar refractivity (Wildman–Crippen MR) is 74.1 cm³/mol. The van der Waals surface area contributed by atoms with E-state index in [2.05, 4.69) is 15.0 Å². The Morgan fingerprint density at radius 1 is 1.22 bits per heavy atom. The molecule has 3 heterocycles. The monoisotopic (exact) mass is 346 g/mol. The van der Waals surface area contributed by atoms with E-state index in [1.807, 2.05) is 4.90 Å². The summed E-state index contributed by atoms with van der Waals surface area (Å²) in [6.07, 6.45) is -1.80. The number of pyridine rings is 1. The Labute approximate surface area is 134 Å². The summed E-state index contributed by atoms with van der Waals surface area (Å²) in [5.74, 6) is -1.74. The van der Waals surface area contributed by atoms with Gasteiger partial charge in [0.1, 0.15) is 0 Å². The van der Waals surface area contributed by atoms with Crippen molar-refractivity contribution in [3.63, 3.8) is 0 Å². The van der Waals surface area contributed by atoms with Crippen molar-refractivity contribution < 1.29 is 17.6 Å². The van der Waals surface area contributed by atoms with Gasteiger partial charge in [0.15, 0.2) is 0 Å². The fourth-order valence-electron chi connectivity index (χ4n) is 2.46. The van der Waals surface area contributed by atoms with Crippen LogP contribution in [0, 0.1) is 5.95 Å². The average Bonchev–Trinajstić information content (AvgIpc) is 2.49. The van der Waals surface area contributed by atoms with Crippen LogP contribution in [0.15, 0.2) is 18.5 Å². The molecule has 0 spiro atoms. The van der Waals surface area contributed by atoms with Gasteiger partial charge in [-0.3, -0.25) is 4.90 Å². The predicted octanol–water partition coefficient (Wildman–Crippen LogP) is 3.24. The zero-order valence-corrected chi connectivity index (χ0v) is 12.5. The molecular formula is C14H11ClF4N4. The minimum Gasteiger partial charge on any atom is -0.294 e. The van der Waals surface area contributed by atoms with E-state index < -0.39 is 17.9 Å². The molecule has 122 valence electrons. The van der Waals surface area contributed by atoms with Crippen molar-refractivity contribution in [2.24, 2.45) is 0 Å². The van der Waals surface area contributed by atoms with Crippen molar-refractivity contribution in [3.05, 3.63) is 52.1 Å². The van der Waals surface area contributed by atoms with Crippen LogP contribution in [0.1, 0.15) is 22.6 Å². The molecule has 0 aromatic carbocycles. The molecule has 4 nitrogen and oxygen atoms in total. The summed E-state index contributed by atoms with van der Waals surface area (Å²) in [5.41, 5.74) is 1.33. The molecule has 0 aliphatic carbocycles. The quantitative estimate of drug-likeness (QED) is 0.618. The number of halogens is 5. The Balaban J connectivity index is 1.77. The summed E-state index contributed by atoms with van der Waals surface area (Å²) in [7, 11) is 0. The lowest BCUT2D eigenvalue weighted by Crippen LogP contribution is -2.32. The third kappa shape index (κ3) is 3.59. The van der Waals surface area contributed by atoms with Crippen molar-refractivity contribution in [2.45, 2.75) is 25.7 Å². The first-order valence-electron chi connectivity index (χ1n) is 6.77. The zero-order valence-electron chi connectivity index (χ0n) is 11.7. The number of alkyl halides is 3. The van der Waals surface area contributed by atoms with Gasteiger partial charge in [-0.1, -0.05) is 11.6 Å². The molecule has 3 rings (SSSR count). The lowest BCUT2D eigenvalue weighted by Gasteiger charge is -2.28. The topological polar surface area (TPSA) is 41.9 Å². The fraction of sp³-hybridized carbons (Fsp3) is 0.357. The van der Waals surface area contributed by atoms with E-state index in [1.165, 1.54) is 18.5 Å². The molecule has 0 atom stereocenters. The van der Waals surface area contributed by atoms with Gasteiger partial charge in [-0.15, -0.1) is 0 Å². The molecule has 0 amide bonds. The molecule has 0 radical (unpaired) electrons. The highest BCUT2D eigenvalue weighted by Gasteiger charge is 2.35. The second-order valence-corrected chi connectivity index (χ2v) is 5.66. The summed E-state index contributed by atoms with van der Waals surface area (Å²) < 4.78 is 51.5. The Morgan fingerprint density at radius 2 is 2.00 bits per heavy atom. The second-order valence-electron chi connectivity index (χ2n) is 5.23. The standard InChI is InChI=1S/C14H11ClF4N4/c15-10-3-8(12(16)20-5-10)6-23-2-1-11-9(7-23)4-21-13(22-11)14(17,18)19/h3-5H,1-2,6-7H2. The van der Waals surface area contributed by atoms with Crippen LogP contribution in [0.25, 0.3) is 0 Å². The lowest BCUT2D eigenvalue weighted by atomic mass is 10.1. The maximum atomic E-state index is 13.7. The molecule has 0 saturated heterocycles. The van der Waals surface area contributed by atoms with Crippen LogP contribution < -0.4 is 0 Å². The van der Waals surface area contributed by atoms with Gasteiger partial charge in [0.2, 0.25) is 11.8 Å². The van der Waals surface area contributed by atoms with E-state index in [9.17, 15) is 17.6 Å². The average molecular weight is 347 g/mol. The summed E-state index contributed by atoms with van der Waals surface area (Å²) in [5, 5.41) is 0.331. The number of aromatic nitrogens is 3. The van der Waals surface area contributed by atoms with Crippen molar-refractivity contribution in [1.82, 2.24) is 19.9 Å². The highest BCUT2D eigenvalue weighted by atomic mass is 35.5. The van der Waals surface area contributed by atoms with Gasteiger partial charge >= 0.3 is 6.18 Å². The first kappa shape index (κ1) is 16.1. The highest BCUT2D eigenvalue weighted by Crippen LogP contribution is 2.28. The normalized spacial score (nSPS) is 15.5. The van der Waals surface area contributed by atoms with Crippen LogP contribution in [0.5, 0.6) is 0 Å². The largest absolute Gasteiger partial charge is 0.451 e. The van der Waals surface area contributed by atoms with Gasteiger partial charge < -0.3 is 0 Å². The van der Waals surface area contributed by atoms with Crippen LogP contribution in [0.2, 0.25) is 5.02 Å². The molecule has 0 unspecified atom stereocenters. The zero-order chi connectivity index (χ0) is 16.6. The molecule has 0 bridgehead atoms. The third-order valence-electron chi connectivity index (χ3n) is 3.54. The van der Waals surface area contributed by atoms with E-state index in [-0.39, 0.29) is 6.54 Å². The highest BCUT2D eigenvalue weighted by molar-refractivity contribution is 6.30. The number of rotatable bonds is 2. The van der Waals surface area contributed by atoms with Crippen molar-refractivity contribution >= 4 is 11.6 Å². The minimum absolute atomic E-state index is 0.264. The maximum Gasteiger partial charge on any atom is 0.451 e. The molecule has 0 fully saturated rings. The Kier molecular flexibility index (Phi) is 4.20. The minimum atomic E-state index is -4.55. The summed E-state index contributed by atoms with van der Waals surface area (Å²) in [4.78, 5) is 12.4. The summed E-state index contributed by atoms with van der Waals surface area (Å²) in [6.45, 7) is 1.08. The van der Waals surface area contributed by atoms with Crippen LogP contribution in [0.4, 0.5) is 17.6 Å². The number of nitrogens with zero attached hydrogens (tertiary/aromatic N) is 4. The maximum absolute atomic E-state index is 13.7. The molecule has 2 aromatic rings. The number of hydrogen-bond acceptors (Lipinski definition) is 4. The van der Waals surface area contributed by atoms with Gasteiger partial charge in [0, 0.05) is 49.6 Å². The first-order valence-corrected chi connectivity index (χ1v) is 7.15. The second kappa shape index (κ2) is 6.01. The van der Waals surface area contributed by atoms with E-state index >= 15 is 0 Å². The molecule has 1 aliphatic heterocycles. The van der Waals surface area contributed by atoms with Crippen LogP contribution in [0.3, 0.4) is 0 Å². The van der Waals surface area contributed by atoms with E-state index in [4.69, 9.17) is 11.6 Å². The third-order valence-corrected chi connectivity index (χ3v) is 3.75. The smallest absolute Gasteiger partial charge is 0.294 e. The van der Waals surface area contributed by atoms with Gasteiger partial charge in [-0.25, -0.2) is 15.0 Å². The van der Waals surface area contributed by atoms with Gasteiger partial charge in [0.05, 0.1) is 10.7 Å². The number of hydrogen-bond donors (Lipinski definition) is 0. The van der Waals surface area contributed by atoms with E-state index in [0.29, 0.717) is 41.4 Å².